The molecule has 21 heavy (non-hydrogen) atoms. The van der Waals surface area contributed by atoms with Crippen molar-refractivity contribution in [1.29, 1.82) is 0 Å². The van der Waals surface area contributed by atoms with Gasteiger partial charge in [0.15, 0.2) is 0 Å². The van der Waals surface area contributed by atoms with Crippen molar-refractivity contribution >= 4 is 11.9 Å². The first-order chi connectivity index (χ1) is 10.0. The van der Waals surface area contributed by atoms with Crippen molar-refractivity contribution in [3.05, 3.63) is 35.4 Å². The third-order valence-electron chi connectivity index (χ3n) is 4.40. The molecule has 0 heterocycles. The van der Waals surface area contributed by atoms with Gasteiger partial charge in [0.25, 0.3) is 0 Å². The van der Waals surface area contributed by atoms with Crippen LogP contribution in [0.1, 0.15) is 37.8 Å². The number of aryl methyl sites for hydroxylation is 1. The second-order valence-corrected chi connectivity index (χ2v) is 5.97. The molecule has 0 spiro atoms. The van der Waals surface area contributed by atoms with E-state index in [2.05, 4.69) is 18.3 Å². The van der Waals surface area contributed by atoms with Gasteiger partial charge in [-0.1, -0.05) is 38.1 Å². The Bertz CT molecular complexity index is 527. The van der Waals surface area contributed by atoms with Gasteiger partial charge in [-0.2, -0.15) is 0 Å². The van der Waals surface area contributed by atoms with E-state index in [1.54, 1.807) is 0 Å². The van der Waals surface area contributed by atoms with Crippen molar-refractivity contribution < 1.29 is 14.7 Å². The Balaban J connectivity index is 2.00. The van der Waals surface area contributed by atoms with Crippen molar-refractivity contribution in [3.63, 3.8) is 0 Å². The van der Waals surface area contributed by atoms with Crippen molar-refractivity contribution in [2.24, 2.45) is 17.8 Å². The molecule has 2 N–H and O–H groups in total. The molecule has 1 aliphatic carbocycles. The lowest BCUT2D eigenvalue weighted by Gasteiger charge is -2.16. The van der Waals surface area contributed by atoms with Crippen LogP contribution in [0.4, 0.5) is 0 Å². The largest absolute Gasteiger partial charge is 0.481 e. The molecule has 4 heteroatoms. The molecule has 4 nitrogen and oxygen atoms in total. The number of carboxylic acid groups (broad SMARTS) is 1. The molecule has 1 saturated carbocycles. The number of rotatable bonds is 5. The standard InChI is InChI=1S/C17H23NO3/c1-3-12-6-4-5-7-13(12)10-18-16(19)14-8-11(2)9-15(14)17(20)21/h4-7,11,14-15H,3,8-10H2,1-2H3,(H,18,19)(H,20,21)/t11?,14-,15+/m0/s1. The van der Waals surface area contributed by atoms with Crippen LogP contribution in [0.5, 0.6) is 0 Å². The number of hydrogen-bond acceptors (Lipinski definition) is 2. The summed E-state index contributed by atoms with van der Waals surface area (Å²) in [5.74, 6) is -1.62. The van der Waals surface area contributed by atoms with E-state index in [4.69, 9.17) is 0 Å². The summed E-state index contributed by atoms with van der Waals surface area (Å²) in [5.41, 5.74) is 2.32. The van der Waals surface area contributed by atoms with Crippen LogP contribution in [0.2, 0.25) is 0 Å². The monoisotopic (exact) mass is 289 g/mol. The zero-order valence-corrected chi connectivity index (χ0v) is 12.6. The molecule has 3 atom stereocenters. The van der Waals surface area contributed by atoms with Gasteiger partial charge >= 0.3 is 5.97 Å². The van der Waals surface area contributed by atoms with Crippen LogP contribution in [0.25, 0.3) is 0 Å². The minimum atomic E-state index is -0.853. The van der Waals surface area contributed by atoms with Crippen molar-refractivity contribution in [2.75, 3.05) is 0 Å². The highest BCUT2D eigenvalue weighted by atomic mass is 16.4. The van der Waals surface area contributed by atoms with Crippen LogP contribution >= 0.6 is 0 Å². The number of carbonyl (C=O) groups is 2. The molecule has 0 saturated heterocycles. The molecule has 0 aromatic heterocycles. The SMILES string of the molecule is CCc1ccccc1CNC(=O)[C@H]1CC(C)C[C@H]1C(=O)O. The summed E-state index contributed by atoms with van der Waals surface area (Å²) in [6, 6.07) is 8.01. The molecule has 2 rings (SSSR count). The van der Waals surface area contributed by atoms with Gasteiger partial charge in [-0.3, -0.25) is 9.59 Å². The summed E-state index contributed by atoms with van der Waals surface area (Å²) < 4.78 is 0. The van der Waals surface area contributed by atoms with Crippen LogP contribution < -0.4 is 5.32 Å². The maximum Gasteiger partial charge on any atom is 0.307 e. The summed E-state index contributed by atoms with van der Waals surface area (Å²) in [4.78, 5) is 23.6. The van der Waals surface area contributed by atoms with Crippen LogP contribution in [-0.2, 0) is 22.6 Å². The van der Waals surface area contributed by atoms with E-state index in [9.17, 15) is 14.7 Å². The van der Waals surface area contributed by atoms with Gasteiger partial charge in [0.2, 0.25) is 5.91 Å². The quantitative estimate of drug-likeness (QED) is 0.875. The molecule has 1 aromatic rings. The van der Waals surface area contributed by atoms with E-state index >= 15 is 0 Å². The average Bonchev–Trinajstić information content (AvgIpc) is 2.87. The van der Waals surface area contributed by atoms with E-state index in [-0.39, 0.29) is 5.91 Å². The highest BCUT2D eigenvalue weighted by Gasteiger charge is 2.40. The molecule has 1 aliphatic rings. The molecule has 1 unspecified atom stereocenters. The lowest BCUT2D eigenvalue weighted by molar-refractivity contribution is -0.146. The van der Waals surface area contributed by atoms with E-state index in [0.29, 0.717) is 25.3 Å². The van der Waals surface area contributed by atoms with Gasteiger partial charge in [-0.25, -0.2) is 0 Å². The molecular weight excluding hydrogens is 266 g/mol. The molecular formula is C17H23NO3. The fourth-order valence-electron chi connectivity index (χ4n) is 3.24. The van der Waals surface area contributed by atoms with E-state index < -0.39 is 17.8 Å². The Labute approximate surface area is 125 Å². The topological polar surface area (TPSA) is 66.4 Å². The summed E-state index contributed by atoms with van der Waals surface area (Å²) in [7, 11) is 0. The number of hydrogen-bond donors (Lipinski definition) is 2. The first-order valence-corrected chi connectivity index (χ1v) is 7.60. The van der Waals surface area contributed by atoms with Crippen LogP contribution in [0.3, 0.4) is 0 Å². The molecule has 1 fully saturated rings. The number of aliphatic carboxylic acids is 1. The normalized spacial score (nSPS) is 24.8. The Hall–Kier alpha value is -1.84. The second kappa shape index (κ2) is 6.74. The highest BCUT2D eigenvalue weighted by molar-refractivity contribution is 5.85. The summed E-state index contributed by atoms with van der Waals surface area (Å²) in [5, 5.41) is 12.2. The van der Waals surface area contributed by atoms with Gasteiger partial charge in [-0.05, 0) is 36.3 Å². The number of carboxylic acids is 1. The van der Waals surface area contributed by atoms with E-state index in [1.807, 2.05) is 25.1 Å². The molecule has 0 bridgehead atoms. The first-order valence-electron chi connectivity index (χ1n) is 7.60. The molecule has 114 valence electrons. The summed E-state index contributed by atoms with van der Waals surface area (Å²) >= 11 is 0. The number of nitrogens with one attached hydrogen (secondary N) is 1. The highest BCUT2D eigenvalue weighted by Crippen LogP contribution is 2.36. The lowest BCUT2D eigenvalue weighted by atomic mass is 9.95. The third-order valence-corrected chi connectivity index (χ3v) is 4.40. The average molecular weight is 289 g/mol. The Kier molecular flexibility index (Phi) is 4.99. The van der Waals surface area contributed by atoms with Crippen LogP contribution in [0.15, 0.2) is 24.3 Å². The number of benzene rings is 1. The van der Waals surface area contributed by atoms with Gasteiger partial charge in [0.05, 0.1) is 11.8 Å². The van der Waals surface area contributed by atoms with Gasteiger partial charge < -0.3 is 10.4 Å². The maximum absolute atomic E-state index is 12.3. The molecule has 1 aromatic carbocycles. The predicted octanol–water partition coefficient (Wildman–Crippen LogP) is 2.61. The van der Waals surface area contributed by atoms with E-state index in [1.165, 1.54) is 5.56 Å². The van der Waals surface area contributed by atoms with Gasteiger partial charge in [0.1, 0.15) is 0 Å². The smallest absolute Gasteiger partial charge is 0.307 e. The lowest BCUT2D eigenvalue weighted by Crippen LogP contribution is -2.35. The minimum absolute atomic E-state index is 0.127. The van der Waals surface area contributed by atoms with Crippen molar-refractivity contribution in [3.8, 4) is 0 Å². The summed E-state index contributed by atoms with van der Waals surface area (Å²) in [6.07, 6.45) is 2.18. The zero-order valence-electron chi connectivity index (χ0n) is 12.6. The zero-order chi connectivity index (χ0) is 15.4. The Morgan fingerprint density at radius 2 is 1.81 bits per heavy atom. The van der Waals surface area contributed by atoms with Crippen LogP contribution in [0, 0.1) is 17.8 Å². The fraction of sp³-hybridized carbons (Fsp3) is 0.529. The number of amides is 1. The van der Waals surface area contributed by atoms with Gasteiger partial charge in [-0.15, -0.1) is 0 Å². The third kappa shape index (κ3) is 3.63. The van der Waals surface area contributed by atoms with Crippen molar-refractivity contribution in [1.82, 2.24) is 5.32 Å². The minimum Gasteiger partial charge on any atom is -0.481 e. The second-order valence-electron chi connectivity index (χ2n) is 5.97. The Morgan fingerprint density at radius 1 is 1.19 bits per heavy atom. The van der Waals surface area contributed by atoms with E-state index in [0.717, 1.165) is 12.0 Å². The Morgan fingerprint density at radius 3 is 2.43 bits per heavy atom. The van der Waals surface area contributed by atoms with Crippen molar-refractivity contribution in [2.45, 2.75) is 39.7 Å². The number of carbonyl (C=O) groups excluding carboxylic acids is 1. The fourth-order valence-corrected chi connectivity index (χ4v) is 3.24. The van der Waals surface area contributed by atoms with Crippen LogP contribution in [-0.4, -0.2) is 17.0 Å². The molecule has 0 radical (unpaired) electrons. The van der Waals surface area contributed by atoms with Gasteiger partial charge in [0, 0.05) is 6.54 Å². The molecule has 1 amide bonds. The maximum atomic E-state index is 12.3. The predicted molar refractivity (Wildman–Crippen MR) is 80.7 cm³/mol. The summed E-state index contributed by atoms with van der Waals surface area (Å²) in [6.45, 7) is 4.56. The first kappa shape index (κ1) is 15.5. The molecule has 0 aliphatic heterocycles.